The van der Waals surface area contributed by atoms with Crippen molar-refractivity contribution in [2.75, 3.05) is 0 Å². The molecule has 0 aromatic heterocycles. The van der Waals surface area contributed by atoms with Crippen LogP contribution in [0.15, 0.2) is 54.6 Å². The van der Waals surface area contributed by atoms with E-state index in [0.29, 0.717) is 0 Å². The maximum absolute atomic E-state index is 13.2. The Morgan fingerprint density at radius 1 is 1.13 bits per heavy atom. The lowest BCUT2D eigenvalue weighted by Gasteiger charge is -2.11. The average Bonchev–Trinajstić information content (AvgIpc) is 2.56. The van der Waals surface area contributed by atoms with Gasteiger partial charge in [-0.05, 0) is 47.2 Å². The molecular formula is C19H20FNO2. The first-order chi connectivity index (χ1) is 11.0. The number of nitrogens with two attached hydrogens (primary N) is 1. The zero-order valence-corrected chi connectivity index (χ0v) is 13.0. The van der Waals surface area contributed by atoms with Gasteiger partial charge in [0.2, 0.25) is 0 Å². The molecule has 0 aliphatic rings. The highest BCUT2D eigenvalue weighted by atomic mass is 19.1. The van der Waals surface area contributed by atoms with Crippen molar-refractivity contribution in [3.8, 4) is 0 Å². The molecule has 3 N–H and O–H groups in total. The molecule has 0 radical (unpaired) electrons. The Hall–Kier alpha value is -2.46. The molecule has 0 fully saturated rings. The van der Waals surface area contributed by atoms with Crippen LogP contribution in [0.1, 0.15) is 30.0 Å². The van der Waals surface area contributed by atoms with Crippen molar-refractivity contribution in [1.29, 1.82) is 0 Å². The first kappa shape index (κ1) is 16.9. The second kappa shape index (κ2) is 7.70. The molecule has 0 aliphatic carbocycles. The van der Waals surface area contributed by atoms with Crippen molar-refractivity contribution < 1.29 is 14.3 Å². The van der Waals surface area contributed by atoms with Gasteiger partial charge in [0.25, 0.3) is 0 Å². The third-order valence-corrected chi connectivity index (χ3v) is 3.72. The Kier molecular flexibility index (Phi) is 5.66. The maximum atomic E-state index is 13.2. The summed E-state index contributed by atoms with van der Waals surface area (Å²) in [6, 6.07) is 13.2. The van der Waals surface area contributed by atoms with E-state index in [-0.39, 0.29) is 12.2 Å². The number of carboxylic acids is 1. The number of carbonyl (C=O) groups is 1. The van der Waals surface area contributed by atoms with Gasteiger partial charge in [0, 0.05) is 0 Å². The topological polar surface area (TPSA) is 63.3 Å². The fourth-order valence-corrected chi connectivity index (χ4v) is 2.30. The molecule has 0 saturated heterocycles. The van der Waals surface area contributed by atoms with Gasteiger partial charge in [0.15, 0.2) is 0 Å². The number of aliphatic carboxylic acids is 1. The molecule has 4 heteroatoms. The van der Waals surface area contributed by atoms with Gasteiger partial charge >= 0.3 is 5.97 Å². The average molecular weight is 313 g/mol. The van der Waals surface area contributed by atoms with E-state index in [1.807, 2.05) is 24.3 Å². The molecule has 120 valence electrons. The number of carboxylic acid groups (broad SMARTS) is 1. The Morgan fingerprint density at radius 2 is 1.65 bits per heavy atom. The highest BCUT2D eigenvalue weighted by Gasteiger charge is 2.12. The fraction of sp³-hybridized carbons (Fsp3) is 0.211. The van der Waals surface area contributed by atoms with E-state index in [1.165, 1.54) is 17.7 Å². The van der Waals surface area contributed by atoms with E-state index in [0.717, 1.165) is 23.1 Å². The van der Waals surface area contributed by atoms with Crippen LogP contribution in [-0.4, -0.2) is 17.1 Å². The molecule has 0 bridgehead atoms. The summed E-state index contributed by atoms with van der Waals surface area (Å²) in [5.74, 6) is -1.35. The minimum Gasteiger partial charge on any atom is -0.480 e. The smallest absolute Gasteiger partial charge is 0.320 e. The van der Waals surface area contributed by atoms with Crippen LogP contribution in [-0.2, 0) is 11.2 Å². The summed E-state index contributed by atoms with van der Waals surface area (Å²) < 4.78 is 13.2. The van der Waals surface area contributed by atoms with Crippen LogP contribution < -0.4 is 5.73 Å². The maximum Gasteiger partial charge on any atom is 0.320 e. The standard InChI is InChI=1S/C19H20FNO2/c1-2-13-3-5-14(6-4-13)17(11-12-18(21)19(22)23)15-7-9-16(20)10-8-15/h3-11,18H,2,12,21H2,1H3,(H,22,23)/b17-11+. The van der Waals surface area contributed by atoms with Crippen molar-refractivity contribution >= 4 is 11.5 Å². The van der Waals surface area contributed by atoms with Crippen LogP contribution in [0.3, 0.4) is 0 Å². The lowest BCUT2D eigenvalue weighted by molar-refractivity contribution is -0.138. The summed E-state index contributed by atoms with van der Waals surface area (Å²) in [6.45, 7) is 2.08. The van der Waals surface area contributed by atoms with Crippen molar-refractivity contribution in [1.82, 2.24) is 0 Å². The van der Waals surface area contributed by atoms with Gasteiger partial charge in [0.05, 0.1) is 0 Å². The lowest BCUT2D eigenvalue weighted by Crippen LogP contribution is -2.29. The summed E-state index contributed by atoms with van der Waals surface area (Å²) >= 11 is 0. The highest BCUT2D eigenvalue weighted by molar-refractivity contribution is 5.81. The molecule has 2 aromatic rings. The molecule has 2 aromatic carbocycles. The van der Waals surface area contributed by atoms with Crippen molar-refractivity contribution in [3.05, 3.63) is 77.1 Å². The molecule has 23 heavy (non-hydrogen) atoms. The molecule has 2 rings (SSSR count). The number of aryl methyl sites for hydroxylation is 1. The Morgan fingerprint density at radius 3 is 2.13 bits per heavy atom. The predicted octanol–water partition coefficient (Wildman–Crippen LogP) is 3.62. The third kappa shape index (κ3) is 4.50. The van der Waals surface area contributed by atoms with Crippen LogP contribution in [0.25, 0.3) is 5.57 Å². The molecule has 3 nitrogen and oxygen atoms in total. The molecule has 0 saturated carbocycles. The Balaban J connectivity index is 2.39. The molecule has 0 heterocycles. The predicted molar refractivity (Wildman–Crippen MR) is 89.5 cm³/mol. The number of hydrogen-bond acceptors (Lipinski definition) is 2. The molecule has 0 spiro atoms. The van der Waals surface area contributed by atoms with Crippen LogP contribution in [0.4, 0.5) is 4.39 Å². The zero-order chi connectivity index (χ0) is 16.8. The molecule has 1 unspecified atom stereocenters. The van der Waals surface area contributed by atoms with E-state index in [9.17, 15) is 9.18 Å². The summed E-state index contributed by atoms with van der Waals surface area (Å²) in [5.41, 5.74) is 9.43. The highest BCUT2D eigenvalue weighted by Crippen LogP contribution is 2.25. The van der Waals surface area contributed by atoms with Gasteiger partial charge < -0.3 is 10.8 Å². The van der Waals surface area contributed by atoms with Gasteiger partial charge in [0.1, 0.15) is 11.9 Å². The molecule has 0 amide bonds. The molecule has 1 atom stereocenters. The second-order valence-corrected chi connectivity index (χ2v) is 5.36. The van der Waals surface area contributed by atoms with Crippen LogP contribution in [0, 0.1) is 5.82 Å². The van der Waals surface area contributed by atoms with Crippen LogP contribution >= 0.6 is 0 Å². The van der Waals surface area contributed by atoms with Gasteiger partial charge in [-0.15, -0.1) is 0 Å². The first-order valence-corrected chi connectivity index (χ1v) is 7.55. The van der Waals surface area contributed by atoms with Crippen LogP contribution in [0.2, 0.25) is 0 Å². The zero-order valence-electron chi connectivity index (χ0n) is 13.0. The molecule has 0 aliphatic heterocycles. The van der Waals surface area contributed by atoms with Crippen molar-refractivity contribution in [2.45, 2.75) is 25.8 Å². The van der Waals surface area contributed by atoms with E-state index in [1.54, 1.807) is 18.2 Å². The number of rotatable bonds is 6. The van der Waals surface area contributed by atoms with E-state index < -0.39 is 12.0 Å². The monoisotopic (exact) mass is 313 g/mol. The van der Waals surface area contributed by atoms with Crippen LogP contribution in [0.5, 0.6) is 0 Å². The summed E-state index contributed by atoms with van der Waals surface area (Å²) in [4.78, 5) is 10.9. The van der Waals surface area contributed by atoms with Gasteiger partial charge in [-0.1, -0.05) is 49.4 Å². The Bertz CT molecular complexity index is 690. The fourth-order valence-electron chi connectivity index (χ4n) is 2.30. The van der Waals surface area contributed by atoms with Crippen molar-refractivity contribution in [3.63, 3.8) is 0 Å². The van der Waals surface area contributed by atoms with E-state index >= 15 is 0 Å². The lowest BCUT2D eigenvalue weighted by atomic mass is 9.95. The summed E-state index contributed by atoms with van der Waals surface area (Å²) in [6.07, 6.45) is 2.95. The van der Waals surface area contributed by atoms with Crippen molar-refractivity contribution in [2.24, 2.45) is 5.73 Å². The summed E-state index contributed by atoms with van der Waals surface area (Å²) in [5, 5.41) is 8.94. The van der Waals surface area contributed by atoms with E-state index in [2.05, 4.69) is 6.92 Å². The minimum absolute atomic E-state index is 0.206. The second-order valence-electron chi connectivity index (χ2n) is 5.36. The van der Waals surface area contributed by atoms with Gasteiger partial charge in [-0.3, -0.25) is 4.79 Å². The Labute approximate surface area is 135 Å². The van der Waals surface area contributed by atoms with E-state index in [4.69, 9.17) is 10.8 Å². The SMILES string of the molecule is CCc1ccc(/C(=C\CC(N)C(=O)O)c2ccc(F)cc2)cc1. The minimum atomic E-state index is -1.04. The first-order valence-electron chi connectivity index (χ1n) is 7.55. The normalized spacial score (nSPS) is 12.9. The number of halogens is 1. The number of benzene rings is 2. The third-order valence-electron chi connectivity index (χ3n) is 3.72. The largest absolute Gasteiger partial charge is 0.480 e. The quantitative estimate of drug-likeness (QED) is 0.856. The number of hydrogen-bond donors (Lipinski definition) is 2. The van der Waals surface area contributed by atoms with Gasteiger partial charge in [-0.25, -0.2) is 4.39 Å². The summed E-state index contributed by atoms with van der Waals surface area (Å²) in [7, 11) is 0. The molecular weight excluding hydrogens is 293 g/mol. The van der Waals surface area contributed by atoms with Gasteiger partial charge in [-0.2, -0.15) is 0 Å².